The number of carbonyl (C=O) groups excluding carboxylic acids is 1. The van der Waals surface area contributed by atoms with Gasteiger partial charge in [0, 0.05) is 11.1 Å². The van der Waals surface area contributed by atoms with Crippen molar-refractivity contribution in [1.29, 1.82) is 0 Å². The van der Waals surface area contributed by atoms with Gasteiger partial charge in [0.15, 0.2) is 0 Å². The Labute approximate surface area is 145 Å². The largest absolute Gasteiger partial charge is 0.469 e. The number of benzene rings is 1. The van der Waals surface area contributed by atoms with Crippen LogP contribution in [0, 0.1) is 6.92 Å². The third kappa shape index (κ3) is 2.87. The van der Waals surface area contributed by atoms with E-state index in [0.717, 1.165) is 0 Å². The number of carbonyl (C=O) groups is 1. The van der Waals surface area contributed by atoms with Gasteiger partial charge in [-0.3, -0.25) is 10.2 Å². The maximum Gasteiger partial charge on any atom is 0.442 e. The van der Waals surface area contributed by atoms with E-state index >= 15 is 0 Å². The lowest BCUT2D eigenvalue weighted by atomic mass is 10.1. The summed E-state index contributed by atoms with van der Waals surface area (Å²) in [7, 11) is 0. The number of rotatable bonds is 2. The Morgan fingerprint density at radius 2 is 1.92 bits per heavy atom. The number of amides is 1. The fourth-order valence-electron chi connectivity index (χ4n) is 2.42. The number of furan rings is 1. The minimum atomic E-state index is -5.12. The summed E-state index contributed by atoms with van der Waals surface area (Å²) in [6.45, 7) is 1.43. The van der Waals surface area contributed by atoms with Crippen molar-refractivity contribution in [2.45, 2.75) is 18.8 Å². The van der Waals surface area contributed by atoms with Crippen molar-refractivity contribution in [2.75, 3.05) is 0 Å². The van der Waals surface area contributed by atoms with E-state index in [4.69, 9.17) is 16.0 Å². The second kappa shape index (κ2) is 5.82. The fourth-order valence-corrected chi connectivity index (χ4v) is 2.55. The fraction of sp³-hybridized carbons (Fsp3) is 0.188. The Balaban J connectivity index is 2.03. The molecule has 1 aromatic carbocycles. The Hall–Kier alpha value is -2.45. The predicted octanol–water partition coefficient (Wildman–Crippen LogP) is 3.49. The quantitative estimate of drug-likeness (QED) is 0.847. The summed E-state index contributed by atoms with van der Waals surface area (Å²) in [5.41, 5.74) is -1.03. The van der Waals surface area contributed by atoms with Crippen LogP contribution in [-0.4, -0.2) is 27.9 Å². The summed E-state index contributed by atoms with van der Waals surface area (Å²) < 4.78 is 45.4. The molecule has 0 radical (unpaired) electrons. The van der Waals surface area contributed by atoms with Crippen molar-refractivity contribution in [3.63, 3.8) is 0 Å². The normalized spacial score (nSPS) is 20.4. The van der Waals surface area contributed by atoms with Gasteiger partial charge in [0.25, 0.3) is 11.6 Å². The Kier molecular flexibility index (Phi) is 4.04. The molecule has 0 saturated heterocycles. The van der Waals surface area contributed by atoms with E-state index in [-0.39, 0.29) is 22.0 Å². The monoisotopic (exact) mass is 372 g/mol. The number of nitrogens with one attached hydrogen (secondary N) is 1. The average Bonchev–Trinajstić information content (AvgIpc) is 3.11. The van der Waals surface area contributed by atoms with Crippen LogP contribution in [0.2, 0.25) is 5.02 Å². The number of alkyl halides is 3. The molecule has 1 atom stereocenters. The molecule has 25 heavy (non-hydrogen) atoms. The maximum atomic E-state index is 13.5. The first-order valence-corrected chi connectivity index (χ1v) is 7.44. The van der Waals surface area contributed by atoms with Gasteiger partial charge in [-0.25, -0.2) is 5.01 Å². The predicted molar refractivity (Wildman–Crippen MR) is 83.2 cm³/mol. The van der Waals surface area contributed by atoms with Crippen molar-refractivity contribution in [3.05, 3.63) is 64.6 Å². The molecule has 1 aliphatic heterocycles. The molecule has 1 aromatic heterocycles. The van der Waals surface area contributed by atoms with Crippen LogP contribution in [-0.2, 0) is 0 Å². The van der Waals surface area contributed by atoms with Crippen molar-refractivity contribution < 1.29 is 27.5 Å². The molecular formula is C16H12ClF3N2O3. The van der Waals surface area contributed by atoms with E-state index < -0.39 is 17.8 Å². The average molecular weight is 373 g/mol. The molecule has 2 aromatic rings. The molecule has 0 bridgehead atoms. The van der Waals surface area contributed by atoms with Crippen molar-refractivity contribution in [1.82, 2.24) is 10.4 Å². The molecule has 2 N–H and O–H groups in total. The minimum Gasteiger partial charge on any atom is -0.469 e. The van der Waals surface area contributed by atoms with E-state index in [1.165, 1.54) is 43.5 Å². The first-order chi connectivity index (χ1) is 11.6. The summed E-state index contributed by atoms with van der Waals surface area (Å²) in [5.74, 6) is -0.942. The van der Waals surface area contributed by atoms with Gasteiger partial charge in [-0.2, -0.15) is 13.2 Å². The molecule has 132 valence electrons. The summed E-state index contributed by atoms with van der Waals surface area (Å²) in [4.78, 5) is 12.5. The van der Waals surface area contributed by atoms with Crippen LogP contribution in [0.4, 0.5) is 13.2 Å². The Morgan fingerprint density at radius 3 is 2.44 bits per heavy atom. The second-order valence-electron chi connectivity index (χ2n) is 5.43. The molecule has 5 nitrogen and oxygen atoms in total. The smallest absolute Gasteiger partial charge is 0.442 e. The lowest BCUT2D eigenvalue weighted by Crippen LogP contribution is -2.60. The van der Waals surface area contributed by atoms with Gasteiger partial charge in [-0.1, -0.05) is 23.7 Å². The zero-order valence-electron chi connectivity index (χ0n) is 12.8. The van der Waals surface area contributed by atoms with E-state index in [2.05, 4.69) is 5.43 Å². The molecule has 0 aliphatic carbocycles. The number of halogens is 4. The number of hydrogen-bond acceptors (Lipinski definition) is 4. The molecule has 0 spiro atoms. The van der Waals surface area contributed by atoms with Crippen LogP contribution in [0.3, 0.4) is 0 Å². The molecule has 3 rings (SSSR count). The summed E-state index contributed by atoms with van der Waals surface area (Å²) in [5, 5.41) is 10.8. The number of nitrogens with zero attached hydrogens (tertiary/aromatic N) is 1. The second-order valence-corrected chi connectivity index (χ2v) is 5.87. The summed E-state index contributed by atoms with van der Waals surface area (Å²) in [6, 6.07) is 7.13. The van der Waals surface area contributed by atoms with Crippen LogP contribution < -0.4 is 5.43 Å². The van der Waals surface area contributed by atoms with Crippen molar-refractivity contribution >= 4 is 23.2 Å². The van der Waals surface area contributed by atoms with Crippen LogP contribution >= 0.6 is 11.6 Å². The van der Waals surface area contributed by atoms with Crippen LogP contribution in [0.1, 0.15) is 21.7 Å². The first kappa shape index (κ1) is 17.4. The third-order valence-corrected chi connectivity index (χ3v) is 4.04. The summed E-state index contributed by atoms with van der Waals surface area (Å²) in [6.07, 6.45) is -3.40. The van der Waals surface area contributed by atoms with E-state index in [0.29, 0.717) is 16.7 Å². The Morgan fingerprint density at radius 1 is 1.28 bits per heavy atom. The zero-order valence-corrected chi connectivity index (χ0v) is 13.5. The number of hydrogen-bond donors (Lipinski definition) is 2. The number of hydrazine groups is 1. The minimum absolute atomic E-state index is 0.0778. The SMILES string of the molecule is Cc1occc1C(=O)N1NC(c2ccc(Cl)cc2)=C[C@@]1(O)C(F)(F)F. The van der Waals surface area contributed by atoms with Crippen LogP contribution in [0.15, 0.2) is 47.1 Å². The topological polar surface area (TPSA) is 65.7 Å². The number of aliphatic hydroxyl groups is 1. The van der Waals surface area contributed by atoms with Gasteiger partial charge in [0.2, 0.25) is 0 Å². The molecule has 1 amide bonds. The first-order valence-electron chi connectivity index (χ1n) is 7.07. The lowest BCUT2D eigenvalue weighted by molar-refractivity contribution is -0.283. The highest BCUT2D eigenvalue weighted by Gasteiger charge is 2.62. The zero-order chi connectivity index (χ0) is 18.4. The van der Waals surface area contributed by atoms with E-state index in [1.807, 2.05) is 0 Å². The molecule has 1 aliphatic rings. The van der Waals surface area contributed by atoms with Gasteiger partial charge < -0.3 is 9.52 Å². The van der Waals surface area contributed by atoms with E-state index in [1.54, 1.807) is 0 Å². The lowest BCUT2D eigenvalue weighted by Gasteiger charge is -2.33. The van der Waals surface area contributed by atoms with Crippen LogP contribution in [0.25, 0.3) is 5.70 Å². The molecule has 0 unspecified atom stereocenters. The molecule has 9 heteroatoms. The van der Waals surface area contributed by atoms with Crippen molar-refractivity contribution in [3.8, 4) is 0 Å². The molecular weight excluding hydrogens is 361 g/mol. The van der Waals surface area contributed by atoms with Crippen molar-refractivity contribution in [2.24, 2.45) is 0 Å². The summed E-state index contributed by atoms with van der Waals surface area (Å²) >= 11 is 5.77. The Bertz CT molecular complexity index is 845. The maximum absolute atomic E-state index is 13.5. The number of aryl methyl sites for hydroxylation is 1. The van der Waals surface area contributed by atoms with Gasteiger partial charge in [-0.05, 0) is 30.7 Å². The molecule has 0 saturated carbocycles. The van der Waals surface area contributed by atoms with Crippen LogP contribution in [0.5, 0.6) is 0 Å². The highest BCUT2D eigenvalue weighted by atomic mass is 35.5. The van der Waals surface area contributed by atoms with Gasteiger partial charge in [-0.15, -0.1) is 0 Å². The van der Waals surface area contributed by atoms with Gasteiger partial charge in [0.05, 0.1) is 17.5 Å². The highest BCUT2D eigenvalue weighted by molar-refractivity contribution is 6.30. The highest BCUT2D eigenvalue weighted by Crippen LogP contribution is 2.40. The molecule has 2 heterocycles. The third-order valence-electron chi connectivity index (χ3n) is 3.78. The standard InChI is InChI=1S/C16H12ClF3N2O3/c1-9-12(6-7-25-9)14(23)22-15(24,16(18,19)20)8-13(21-22)10-2-4-11(17)5-3-10/h2-8,21,24H,1H3/t15-/m1/s1. The van der Waals surface area contributed by atoms with Gasteiger partial charge in [0.1, 0.15) is 5.76 Å². The van der Waals surface area contributed by atoms with Gasteiger partial charge >= 0.3 is 6.18 Å². The molecule has 0 fully saturated rings. The van der Waals surface area contributed by atoms with E-state index in [9.17, 15) is 23.1 Å².